The van der Waals surface area contributed by atoms with Gasteiger partial charge in [-0.05, 0) is 62.4 Å². The summed E-state index contributed by atoms with van der Waals surface area (Å²) in [6.45, 7) is 3.96. The molecule has 0 spiro atoms. The van der Waals surface area contributed by atoms with Crippen molar-refractivity contribution in [3.05, 3.63) is 81.8 Å². The smallest absolute Gasteiger partial charge is 0.255 e. The van der Waals surface area contributed by atoms with Crippen molar-refractivity contribution in [1.29, 1.82) is 0 Å². The van der Waals surface area contributed by atoms with E-state index in [9.17, 15) is 4.79 Å². The van der Waals surface area contributed by atoms with Crippen molar-refractivity contribution in [2.24, 2.45) is 0 Å². The number of nitrogens with one attached hydrogen (secondary N) is 1. The van der Waals surface area contributed by atoms with Crippen LogP contribution >= 0.6 is 15.9 Å². The maximum absolute atomic E-state index is 12.6. The summed E-state index contributed by atoms with van der Waals surface area (Å²) >= 11 is 3.46. The molecule has 0 saturated carbocycles. The lowest BCUT2D eigenvalue weighted by molar-refractivity contribution is 0.102. The highest BCUT2D eigenvalue weighted by molar-refractivity contribution is 9.10. The summed E-state index contributed by atoms with van der Waals surface area (Å²) in [6, 6.07) is 19.0. The van der Waals surface area contributed by atoms with Crippen LogP contribution in [0.4, 0.5) is 5.69 Å². The molecule has 1 amide bonds. The number of hydrogen-bond donors (Lipinski definition) is 1. The third-order valence-corrected chi connectivity index (χ3v) is 4.69. The number of aromatic nitrogens is 1. The van der Waals surface area contributed by atoms with Gasteiger partial charge in [-0.2, -0.15) is 0 Å². The molecule has 27 heavy (non-hydrogen) atoms. The summed E-state index contributed by atoms with van der Waals surface area (Å²) in [5.74, 6) is 0.404. The second-order valence-corrected chi connectivity index (χ2v) is 7.46. The normalized spacial score (nSPS) is 10.9. The van der Waals surface area contributed by atoms with Gasteiger partial charge in [-0.3, -0.25) is 4.79 Å². The molecule has 1 aromatic heterocycles. The first-order valence-corrected chi connectivity index (χ1v) is 9.33. The van der Waals surface area contributed by atoms with Gasteiger partial charge in [0.1, 0.15) is 5.52 Å². The molecule has 0 radical (unpaired) electrons. The average Bonchev–Trinajstić information content (AvgIpc) is 3.04. The predicted molar refractivity (Wildman–Crippen MR) is 111 cm³/mol. The van der Waals surface area contributed by atoms with Crippen molar-refractivity contribution in [2.45, 2.75) is 13.8 Å². The minimum absolute atomic E-state index is 0.142. The van der Waals surface area contributed by atoms with E-state index in [1.807, 2.05) is 74.5 Å². The van der Waals surface area contributed by atoms with Gasteiger partial charge in [0.2, 0.25) is 5.89 Å². The van der Waals surface area contributed by atoms with E-state index in [0.29, 0.717) is 28.2 Å². The molecule has 0 atom stereocenters. The fraction of sp³-hybridized carbons (Fsp3) is 0.0909. The molecular weight excluding hydrogens is 404 g/mol. The van der Waals surface area contributed by atoms with Crippen molar-refractivity contribution < 1.29 is 9.21 Å². The van der Waals surface area contributed by atoms with E-state index in [2.05, 4.69) is 26.2 Å². The molecule has 0 aliphatic carbocycles. The molecule has 0 aliphatic rings. The minimum atomic E-state index is -0.142. The van der Waals surface area contributed by atoms with Gasteiger partial charge in [0, 0.05) is 21.3 Å². The lowest BCUT2D eigenvalue weighted by Crippen LogP contribution is -2.12. The Kier molecular flexibility index (Phi) is 4.54. The van der Waals surface area contributed by atoms with E-state index in [0.717, 1.165) is 21.2 Å². The Balaban J connectivity index is 1.62. The zero-order chi connectivity index (χ0) is 19.0. The number of oxazole rings is 1. The van der Waals surface area contributed by atoms with E-state index in [4.69, 9.17) is 4.42 Å². The van der Waals surface area contributed by atoms with Crippen LogP contribution in [0.1, 0.15) is 21.5 Å². The number of amides is 1. The monoisotopic (exact) mass is 420 g/mol. The number of hydrogen-bond acceptors (Lipinski definition) is 3. The number of aryl methyl sites for hydroxylation is 2. The maximum Gasteiger partial charge on any atom is 0.255 e. The van der Waals surface area contributed by atoms with Gasteiger partial charge in [-0.15, -0.1) is 0 Å². The summed E-state index contributed by atoms with van der Waals surface area (Å²) < 4.78 is 6.80. The molecule has 0 bridgehead atoms. The topological polar surface area (TPSA) is 55.1 Å². The third-order valence-electron chi connectivity index (χ3n) is 4.20. The summed E-state index contributed by atoms with van der Waals surface area (Å²) in [7, 11) is 0. The summed E-state index contributed by atoms with van der Waals surface area (Å²) in [5, 5.41) is 2.93. The molecular formula is C22H17BrN2O2. The number of anilines is 1. The highest BCUT2D eigenvalue weighted by atomic mass is 79.9. The Morgan fingerprint density at radius 2 is 1.78 bits per heavy atom. The molecule has 4 rings (SSSR count). The lowest BCUT2D eigenvalue weighted by atomic mass is 10.1. The SMILES string of the molecule is Cc1cc(C)cc(C(=O)Nc2ccc3oc(-c4cccc(Br)c4)nc3c2)c1. The van der Waals surface area contributed by atoms with Gasteiger partial charge in [0.05, 0.1) is 0 Å². The van der Waals surface area contributed by atoms with Crippen LogP contribution in [-0.4, -0.2) is 10.9 Å². The number of carbonyl (C=O) groups excluding carboxylic acids is 1. The van der Waals surface area contributed by atoms with Crippen LogP contribution in [0.25, 0.3) is 22.6 Å². The van der Waals surface area contributed by atoms with Crippen molar-refractivity contribution in [3.63, 3.8) is 0 Å². The van der Waals surface area contributed by atoms with Crippen molar-refractivity contribution in [3.8, 4) is 11.5 Å². The van der Waals surface area contributed by atoms with Crippen LogP contribution in [-0.2, 0) is 0 Å². The van der Waals surface area contributed by atoms with E-state index >= 15 is 0 Å². The first-order valence-electron chi connectivity index (χ1n) is 8.54. The van der Waals surface area contributed by atoms with Gasteiger partial charge in [0.15, 0.2) is 5.58 Å². The Bertz CT molecular complexity index is 1140. The predicted octanol–water partition coefficient (Wildman–Crippen LogP) is 6.13. The van der Waals surface area contributed by atoms with Crippen LogP contribution in [0.15, 0.2) is 69.6 Å². The molecule has 0 fully saturated rings. The molecule has 3 aromatic carbocycles. The quantitative estimate of drug-likeness (QED) is 0.433. The molecule has 0 aliphatic heterocycles. The Hall–Kier alpha value is -2.92. The van der Waals surface area contributed by atoms with E-state index < -0.39 is 0 Å². The van der Waals surface area contributed by atoms with E-state index in [-0.39, 0.29) is 5.91 Å². The Labute approximate surface area is 165 Å². The van der Waals surface area contributed by atoms with Crippen LogP contribution in [0.2, 0.25) is 0 Å². The fourth-order valence-electron chi connectivity index (χ4n) is 3.06. The number of fused-ring (bicyclic) bond motifs is 1. The molecule has 4 aromatic rings. The van der Waals surface area contributed by atoms with Gasteiger partial charge in [-0.1, -0.05) is 39.2 Å². The zero-order valence-electron chi connectivity index (χ0n) is 14.9. The minimum Gasteiger partial charge on any atom is -0.436 e. The largest absolute Gasteiger partial charge is 0.436 e. The number of halogens is 1. The molecule has 1 heterocycles. The lowest BCUT2D eigenvalue weighted by Gasteiger charge is -2.07. The number of rotatable bonds is 3. The first kappa shape index (κ1) is 17.5. The van der Waals surface area contributed by atoms with E-state index in [1.54, 1.807) is 0 Å². The van der Waals surface area contributed by atoms with Gasteiger partial charge >= 0.3 is 0 Å². The fourth-order valence-corrected chi connectivity index (χ4v) is 3.46. The molecule has 134 valence electrons. The molecule has 5 heteroatoms. The zero-order valence-corrected chi connectivity index (χ0v) is 16.5. The van der Waals surface area contributed by atoms with Crippen LogP contribution in [0, 0.1) is 13.8 Å². The molecule has 1 N–H and O–H groups in total. The van der Waals surface area contributed by atoms with Crippen molar-refractivity contribution >= 4 is 38.6 Å². The van der Waals surface area contributed by atoms with Gasteiger partial charge < -0.3 is 9.73 Å². The maximum atomic E-state index is 12.6. The number of nitrogens with zero attached hydrogens (tertiary/aromatic N) is 1. The van der Waals surface area contributed by atoms with E-state index in [1.165, 1.54) is 0 Å². The van der Waals surface area contributed by atoms with Crippen LogP contribution < -0.4 is 5.32 Å². The summed E-state index contributed by atoms with van der Waals surface area (Å²) in [4.78, 5) is 17.1. The van der Waals surface area contributed by atoms with Crippen molar-refractivity contribution in [1.82, 2.24) is 4.98 Å². The standard InChI is InChI=1S/C22H17BrN2O2/c1-13-8-14(2)10-16(9-13)21(26)24-18-6-7-20-19(12-18)25-22(27-20)15-4-3-5-17(23)11-15/h3-12H,1-2H3,(H,24,26). The average molecular weight is 421 g/mol. The molecule has 0 unspecified atom stereocenters. The molecule has 0 saturated heterocycles. The van der Waals surface area contributed by atoms with Gasteiger partial charge in [-0.25, -0.2) is 4.98 Å². The highest BCUT2D eigenvalue weighted by Crippen LogP contribution is 2.28. The summed E-state index contributed by atoms with van der Waals surface area (Å²) in [5.41, 5.74) is 5.71. The number of carbonyl (C=O) groups is 1. The summed E-state index contributed by atoms with van der Waals surface area (Å²) in [6.07, 6.45) is 0. The van der Waals surface area contributed by atoms with Crippen LogP contribution in [0.5, 0.6) is 0 Å². The number of benzene rings is 3. The van der Waals surface area contributed by atoms with Gasteiger partial charge in [0.25, 0.3) is 5.91 Å². The Morgan fingerprint density at radius 1 is 1.00 bits per heavy atom. The van der Waals surface area contributed by atoms with Crippen LogP contribution in [0.3, 0.4) is 0 Å². The third kappa shape index (κ3) is 3.78. The molecule has 4 nitrogen and oxygen atoms in total. The second-order valence-electron chi connectivity index (χ2n) is 6.54. The Morgan fingerprint density at radius 3 is 2.52 bits per heavy atom. The second kappa shape index (κ2) is 7.00. The van der Waals surface area contributed by atoms with Crippen molar-refractivity contribution in [2.75, 3.05) is 5.32 Å². The first-order chi connectivity index (χ1) is 13.0. The highest BCUT2D eigenvalue weighted by Gasteiger charge is 2.11.